The van der Waals surface area contributed by atoms with Gasteiger partial charge in [0.2, 0.25) is 5.76 Å². The monoisotopic (exact) mass is 408 g/mol. The van der Waals surface area contributed by atoms with Crippen LogP contribution in [0.3, 0.4) is 0 Å². The van der Waals surface area contributed by atoms with E-state index in [1.54, 1.807) is 30.0 Å². The maximum absolute atomic E-state index is 13.2. The molecule has 0 aliphatic rings. The van der Waals surface area contributed by atoms with E-state index in [1.165, 1.54) is 0 Å². The Morgan fingerprint density at radius 2 is 1.63 bits per heavy atom. The van der Waals surface area contributed by atoms with Crippen molar-refractivity contribution >= 4 is 28.5 Å². The van der Waals surface area contributed by atoms with Crippen molar-refractivity contribution in [2.24, 2.45) is 0 Å². The Bertz CT molecular complexity index is 991. The highest BCUT2D eigenvalue weighted by atomic mass is 16.5. The number of anilines is 1. The van der Waals surface area contributed by atoms with Gasteiger partial charge in [0, 0.05) is 18.5 Å². The molecule has 0 bridgehead atoms. The van der Waals surface area contributed by atoms with Gasteiger partial charge in [0.05, 0.1) is 0 Å². The number of hydrogen-bond donors (Lipinski definition) is 1. The Morgan fingerprint density at radius 3 is 2.30 bits per heavy atom. The van der Waals surface area contributed by atoms with Gasteiger partial charge in [-0.1, -0.05) is 44.2 Å². The number of para-hydroxylation sites is 2. The number of rotatable bonds is 9. The molecule has 3 aromatic rings. The maximum atomic E-state index is 13.2. The third-order valence-electron chi connectivity index (χ3n) is 4.74. The van der Waals surface area contributed by atoms with Gasteiger partial charge in [-0.3, -0.25) is 9.59 Å². The van der Waals surface area contributed by atoms with Gasteiger partial charge in [-0.05, 0) is 44.0 Å². The lowest BCUT2D eigenvalue weighted by atomic mass is 10.2. The molecule has 6 heteroatoms. The molecule has 1 N–H and O–H groups in total. The SMILES string of the molecule is CCCN(CCC)C(=O)c1oc2ccccc2c1NC(=O)[C@@H](C)Oc1ccccc1. The number of carbonyl (C=O) groups excluding carboxylic acids is 2. The van der Waals surface area contributed by atoms with Crippen LogP contribution in [0.4, 0.5) is 5.69 Å². The molecular formula is C24H28N2O4. The van der Waals surface area contributed by atoms with Crippen LogP contribution in [0, 0.1) is 0 Å². The Morgan fingerprint density at radius 1 is 1.00 bits per heavy atom. The maximum Gasteiger partial charge on any atom is 0.291 e. The normalized spacial score (nSPS) is 11.8. The molecule has 3 rings (SSSR count). The van der Waals surface area contributed by atoms with E-state index in [0.717, 1.165) is 12.8 Å². The second-order valence-electron chi connectivity index (χ2n) is 7.16. The van der Waals surface area contributed by atoms with Crippen LogP contribution in [-0.4, -0.2) is 35.9 Å². The number of nitrogens with zero attached hydrogens (tertiary/aromatic N) is 1. The number of ether oxygens (including phenoxy) is 1. The van der Waals surface area contributed by atoms with Gasteiger partial charge in [-0.2, -0.15) is 0 Å². The van der Waals surface area contributed by atoms with Crippen molar-refractivity contribution in [2.75, 3.05) is 18.4 Å². The predicted molar refractivity (Wildman–Crippen MR) is 118 cm³/mol. The molecule has 0 aliphatic heterocycles. The first-order valence-corrected chi connectivity index (χ1v) is 10.4. The molecular weight excluding hydrogens is 380 g/mol. The number of carbonyl (C=O) groups is 2. The standard InChI is InChI=1S/C24H28N2O4/c1-4-15-26(16-5-2)24(28)22-21(19-13-9-10-14-20(19)30-22)25-23(27)17(3)29-18-11-7-6-8-12-18/h6-14,17H,4-5,15-16H2,1-3H3,(H,25,27)/t17-/m1/s1. The number of fused-ring (bicyclic) bond motifs is 1. The number of nitrogens with one attached hydrogen (secondary N) is 1. The van der Waals surface area contributed by atoms with E-state index in [-0.39, 0.29) is 17.6 Å². The molecule has 1 aromatic heterocycles. The van der Waals surface area contributed by atoms with Crippen molar-refractivity contribution in [1.82, 2.24) is 4.90 Å². The molecule has 158 valence electrons. The molecule has 30 heavy (non-hydrogen) atoms. The number of benzene rings is 2. The Kier molecular flexibility index (Phi) is 7.12. The first kappa shape index (κ1) is 21.4. The summed E-state index contributed by atoms with van der Waals surface area (Å²) in [4.78, 5) is 27.8. The second-order valence-corrected chi connectivity index (χ2v) is 7.16. The number of hydrogen-bond acceptors (Lipinski definition) is 4. The quantitative estimate of drug-likeness (QED) is 0.535. The Balaban J connectivity index is 1.89. The smallest absolute Gasteiger partial charge is 0.291 e. The molecule has 1 heterocycles. The van der Waals surface area contributed by atoms with Crippen LogP contribution in [0.25, 0.3) is 11.0 Å². The molecule has 0 unspecified atom stereocenters. The molecule has 1 atom stereocenters. The van der Waals surface area contributed by atoms with E-state index in [9.17, 15) is 9.59 Å². The molecule has 0 aliphatic carbocycles. The van der Waals surface area contributed by atoms with Crippen LogP contribution in [0.5, 0.6) is 5.75 Å². The zero-order valence-corrected chi connectivity index (χ0v) is 17.7. The molecule has 2 amide bonds. The first-order valence-electron chi connectivity index (χ1n) is 10.4. The summed E-state index contributed by atoms with van der Waals surface area (Å²) in [5, 5.41) is 3.56. The van der Waals surface area contributed by atoms with Gasteiger partial charge in [-0.15, -0.1) is 0 Å². The third kappa shape index (κ3) is 4.82. The molecule has 2 aromatic carbocycles. The summed E-state index contributed by atoms with van der Waals surface area (Å²) in [6, 6.07) is 16.5. The molecule has 0 spiro atoms. The lowest BCUT2D eigenvalue weighted by Gasteiger charge is -2.21. The average molecular weight is 408 g/mol. The van der Waals surface area contributed by atoms with E-state index >= 15 is 0 Å². The predicted octanol–water partition coefficient (Wildman–Crippen LogP) is 5.10. The van der Waals surface area contributed by atoms with Gasteiger partial charge in [0.1, 0.15) is 17.0 Å². The van der Waals surface area contributed by atoms with Gasteiger partial charge in [-0.25, -0.2) is 0 Å². The molecule has 0 saturated carbocycles. The van der Waals surface area contributed by atoms with Crippen LogP contribution in [0.2, 0.25) is 0 Å². The van der Waals surface area contributed by atoms with Gasteiger partial charge < -0.3 is 19.4 Å². The van der Waals surface area contributed by atoms with Crippen molar-refractivity contribution in [1.29, 1.82) is 0 Å². The summed E-state index contributed by atoms with van der Waals surface area (Å²) in [5.41, 5.74) is 0.946. The van der Waals surface area contributed by atoms with Crippen molar-refractivity contribution in [3.8, 4) is 5.75 Å². The Hall–Kier alpha value is -3.28. The Labute approximate surface area is 176 Å². The van der Waals surface area contributed by atoms with Crippen LogP contribution < -0.4 is 10.1 Å². The third-order valence-corrected chi connectivity index (χ3v) is 4.74. The lowest BCUT2D eigenvalue weighted by molar-refractivity contribution is -0.122. The summed E-state index contributed by atoms with van der Waals surface area (Å²) >= 11 is 0. The largest absolute Gasteiger partial charge is 0.481 e. The van der Waals surface area contributed by atoms with Crippen molar-refractivity contribution in [3.63, 3.8) is 0 Å². The van der Waals surface area contributed by atoms with Crippen LogP contribution in [-0.2, 0) is 4.79 Å². The minimum atomic E-state index is -0.744. The highest BCUT2D eigenvalue weighted by Crippen LogP contribution is 2.32. The minimum absolute atomic E-state index is 0.151. The van der Waals surface area contributed by atoms with Crippen LogP contribution in [0.1, 0.15) is 44.2 Å². The number of furan rings is 1. The fourth-order valence-corrected chi connectivity index (χ4v) is 3.30. The highest BCUT2D eigenvalue weighted by Gasteiger charge is 2.27. The molecule has 0 radical (unpaired) electrons. The summed E-state index contributed by atoms with van der Waals surface area (Å²) in [6.07, 6.45) is 0.942. The molecule has 0 fully saturated rings. The fraction of sp³-hybridized carbons (Fsp3) is 0.333. The lowest BCUT2D eigenvalue weighted by Crippen LogP contribution is -2.34. The summed E-state index contributed by atoms with van der Waals surface area (Å²) in [6.45, 7) is 6.99. The van der Waals surface area contributed by atoms with Crippen molar-refractivity contribution in [2.45, 2.75) is 39.7 Å². The van der Waals surface area contributed by atoms with Crippen molar-refractivity contribution in [3.05, 3.63) is 60.4 Å². The first-order chi connectivity index (χ1) is 14.5. The van der Waals surface area contributed by atoms with Crippen LogP contribution >= 0.6 is 0 Å². The van der Waals surface area contributed by atoms with Crippen molar-refractivity contribution < 1.29 is 18.7 Å². The highest BCUT2D eigenvalue weighted by molar-refractivity contribution is 6.11. The summed E-state index contributed by atoms with van der Waals surface area (Å²) in [5.74, 6) is 0.183. The average Bonchev–Trinajstić information content (AvgIpc) is 3.12. The van der Waals surface area contributed by atoms with E-state index in [4.69, 9.17) is 9.15 Å². The minimum Gasteiger partial charge on any atom is -0.481 e. The van der Waals surface area contributed by atoms with Gasteiger partial charge in [0.15, 0.2) is 6.10 Å². The van der Waals surface area contributed by atoms with Gasteiger partial charge in [0.25, 0.3) is 11.8 Å². The zero-order chi connectivity index (χ0) is 21.5. The second kappa shape index (κ2) is 9.96. The van der Waals surface area contributed by atoms with E-state index in [2.05, 4.69) is 5.32 Å². The topological polar surface area (TPSA) is 71.8 Å². The summed E-state index contributed by atoms with van der Waals surface area (Å²) < 4.78 is 11.6. The van der Waals surface area contributed by atoms with Crippen LogP contribution in [0.15, 0.2) is 59.0 Å². The van der Waals surface area contributed by atoms with Gasteiger partial charge >= 0.3 is 0 Å². The van der Waals surface area contributed by atoms with E-state index in [0.29, 0.717) is 35.5 Å². The summed E-state index contributed by atoms with van der Waals surface area (Å²) in [7, 11) is 0. The zero-order valence-electron chi connectivity index (χ0n) is 17.7. The number of amides is 2. The molecule has 6 nitrogen and oxygen atoms in total. The fourth-order valence-electron chi connectivity index (χ4n) is 3.30. The van der Waals surface area contributed by atoms with E-state index in [1.807, 2.05) is 50.2 Å². The van der Waals surface area contributed by atoms with E-state index < -0.39 is 6.10 Å². The molecule has 0 saturated heterocycles.